The van der Waals surface area contributed by atoms with E-state index in [-0.39, 0.29) is 17.3 Å². The Bertz CT molecular complexity index is 813. The second kappa shape index (κ2) is 8.31. The molecule has 0 bridgehead atoms. The fourth-order valence-electron chi connectivity index (χ4n) is 3.46. The van der Waals surface area contributed by atoms with Crippen LogP contribution < -0.4 is 5.32 Å². The van der Waals surface area contributed by atoms with Crippen molar-refractivity contribution in [2.24, 2.45) is 0 Å². The van der Waals surface area contributed by atoms with Crippen molar-refractivity contribution in [3.63, 3.8) is 0 Å². The van der Waals surface area contributed by atoms with Crippen LogP contribution in [0.3, 0.4) is 0 Å². The second-order valence-corrected chi connectivity index (χ2v) is 6.71. The van der Waals surface area contributed by atoms with Gasteiger partial charge in [0.25, 0.3) is 0 Å². The lowest BCUT2D eigenvalue weighted by Gasteiger charge is -2.36. The number of amides is 1. The van der Waals surface area contributed by atoms with Crippen LogP contribution in [0, 0.1) is 5.82 Å². The summed E-state index contributed by atoms with van der Waals surface area (Å²) in [4.78, 5) is 23.9. The van der Waals surface area contributed by atoms with Gasteiger partial charge in [0.15, 0.2) is 0 Å². The van der Waals surface area contributed by atoms with Crippen molar-refractivity contribution in [1.82, 2.24) is 5.32 Å². The normalized spacial score (nSPS) is 15.9. The van der Waals surface area contributed by atoms with Crippen LogP contribution in [-0.4, -0.2) is 36.7 Å². The van der Waals surface area contributed by atoms with Gasteiger partial charge in [0.2, 0.25) is 5.91 Å². The molecule has 0 atom stereocenters. The lowest BCUT2D eigenvalue weighted by molar-refractivity contribution is -0.130. The Labute approximate surface area is 157 Å². The molecule has 1 saturated heterocycles. The molecule has 0 aromatic heterocycles. The molecule has 1 fully saturated rings. The van der Waals surface area contributed by atoms with Crippen LogP contribution in [0.2, 0.25) is 0 Å². The summed E-state index contributed by atoms with van der Waals surface area (Å²) >= 11 is 0. The summed E-state index contributed by atoms with van der Waals surface area (Å²) in [7, 11) is 0. The summed E-state index contributed by atoms with van der Waals surface area (Å²) < 4.78 is 19.1. The Morgan fingerprint density at radius 3 is 2.44 bits per heavy atom. The van der Waals surface area contributed by atoms with Crippen molar-refractivity contribution >= 4 is 11.9 Å². The van der Waals surface area contributed by atoms with Crippen molar-refractivity contribution in [2.75, 3.05) is 19.8 Å². The number of carboxylic acid groups (broad SMARTS) is 1. The van der Waals surface area contributed by atoms with Crippen molar-refractivity contribution in [1.29, 1.82) is 0 Å². The zero-order valence-corrected chi connectivity index (χ0v) is 14.9. The lowest BCUT2D eigenvalue weighted by Crippen LogP contribution is -2.48. The third kappa shape index (κ3) is 4.34. The van der Waals surface area contributed by atoms with Crippen molar-refractivity contribution in [2.45, 2.75) is 24.7 Å². The molecular formula is C21H22FNO4. The van der Waals surface area contributed by atoms with Crippen LogP contribution >= 0.6 is 0 Å². The maximum atomic E-state index is 13.7. The molecule has 2 aromatic rings. The molecule has 5 nitrogen and oxygen atoms in total. The van der Waals surface area contributed by atoms with Crippen LogP contribution in [0.25, 0.3) is 0 Å². The third-order valence-electron chi connectivity index (χ3n) is 5.06. The number of carbonyl (C=O) groups excluding carboxylic acids is 1. The number of halogens is 1. The first kappa shape index (κ1) is 19.0. The van der Waals surface area contributed by atoms with Gasteiger partial charge >= 0.3 is 5.97 Å². The smallest absolute Gasteiger partial charge is 0.335 e. The second-order valence-electron chi connectivity index (χ2n) is 6.71. The number of carbonyl (C=O) groups is 2. The average Bonchev–Trinajstić information content (AvgIpc) is 2.69. The Balaban J connectivity index is 1.67. The monoisotopic (exact) mass is 371 g/mol. The van der Waals surface area contributed by atoms with Crippen molar-refractivity contribution in [3.05, 3.63) is 71.0 Å². The number of hydrogen-bond donors (Lipinski definition) is 2. The average molecular weight is 371 g/mol. The number of carboxylic acids is 1. The van der Waals surface area contributed by atoms with E-state index in [2.05, 4.69) is 5.32 Å². The first-order chi connectivity index (χ1) is 13.0. The molecule has 27 heavy (non-hydrogen) atoms. The topological polar surface area (TPSA) is 75.6 Å². The van der Waals surface area contributed by atoms with Gasteiger partial charge in [-0.1, -0.05) is 24.3 Å². The summed E-state index contributed by atoms with van der Waals surface area (Å²) in [6.07, 6.45) is 1.60. The molecule has 142 valence electrons. The summed E-state index contributed by atoms with van der Waals surface area (Å²) in [6, 6.07) is 12.8. The highest BCUT2D eigenvalue weighted by Gasteiger charge is 2.41. The van der Waals surface area contributed by atoms with Crippen LogP contribution in [0.5, 0.6) is 0 Å². The molecule has 0 aliphatic carbocycles. The number of benzene rings is 2. The van der Waals surface area contributed by atoms with E-state index in [1.54, 1.807) is 36.4 Å². The van der Waals surface area contributed by atoms with E-state index in [9.17, 15) is 14.0 Å². The molecule has 1 heterocycles. The van der Waals surface area contributed by atoms with E-state index < -0.39 is 11.4 Å². The molecule has 0 unspecified atom stereocenters. The van der Waals surface area contributed by atoms with E-state index in [0.717, 1.165) is 5.56 Å². The predicted molar refractivity (Wildman–Crippen MR) is 98.2 cm³/mol. The van der Waals surface area contributed by atoms with E-state index >= 15 is 0 Å². The zero-order valence-electron chi connectivity index (χ0n) is 14.9. The molecule has 2 aromatic carbocycles. The predicted octanol–water partition coefficient (Wildman–Crippen LogP) is 2.93. The minimum Gasteiger partial charge on any atom is -0.478 e. The van der Waals surface area contributed by atoms with E-state index in [1.165, 1.54) is 12.1 Å². The quantitative estimate of drug-likeness (QED) is 0.819. The number of aromatic carboxylic acids is 1. The van der Waals surface area contributed by atoms with Gasteiger partial charge < -0.3 is 15.2 Å². The van der Waals surface area contributed by atoms with Gasteiger partial charge in [-0.3, -0.25) is 4.79 Å². The van der Waals surface area contributed by atoms with Gasteiger partial charge in [-0.05, 0) is 54.7 Å². The van der Waals surface area contributed by atoms with Gasteiger partial charge in [-0.2, -0.15) is 0 Å². The fraction of sp³-hybridized carbons (Fsp3) is 0.333. The molecule has 2 N–H and O–H groups in total. The fourth-order valence-corrected chi connectivity index (χ4v) is 3.46. The molecule has 3 rings (SSSR count). The standard InChI is InChI=1S/C21H22FNO4/c22-18-3-1-2-17(14-18)21(9-12-27-13-10-21)20(26)23-11-8-15-4-6-16(7-5-15)19(24)25/h1-7,14H,8-13H2,(H,23,26)(H,24,25). The minimum atomic E-state index is -0.966. The Hall–Kier alpha value is -2.73. The number of rotatable bonds is 6. The van der Waals surface area contributed by atoms with Crippen LogP contribution in [-0.2, 0) is 21.4 Å². The van der Waals surface area contributed by atoms with Crippen LogP contribution in [0.4, 0.5) is 4.39 Å². The van der Waals surface area contributed by atoms with E-state index in [1.807, 2.05) is 0 Å². The molecule has 0 saturated carbocycles. The van der Waals surface area contributed by atoms with Gasteiger partial charge in [-0.25, -0.2) is 9.18 Å². The van der Waals surface area contributed by atoms with Gasteiger partial charge in [0, 0.05) is 19.8 Å². The highest BCUT2D eigenvalue weighted by atomic mass is 19.1. The molecule has 1 aliphatic heterocycles. The van der Waals surface area contributed by atoms with Crippen molar-refractivity contribution in [3.8, 4) is 0 Å². The minimum absolute atomic E-state index is 0.126. The van der Waals surface area contributed by atoms with Gasteiger partial charge in [0.1, 0.15) is 5.82 Å². The molecule has 6 heteroatoms. The maximum Gasteiger partial charge on any atom is 0.335 e. The summed E-state index contributed by atoms with van der Waals surface area (Å²) in [5.41, 5.74) is 1.06. The highest BCUT2D eigenvalue weighted by molar-refractivity contribution is 5.88. The Morgan fingerprint density at radius 1 is 1.11 bits per heavy atom. The molecule has 0 radical (unpaired) electrons. The first-order valence-corrected chi connectivity index (χ1v) is 8.96. The summed E-state index contributed by atoms with van der Waals surface area (Å²) in [6.45, 7) is 1.34. The summed E-state index contributed by atoms with van der Waals surface area (Å²) in [5.74, 6) is -1.45. The highest BCUT2D eigenvalue weighted by Crippen LogP contribution is 2.35. The number of hydrogen-bond acceptors (Lipinski definition) is 3. The number of ether oxygens (including phenoxy) is 1. The number of nitrogens with one attached hydrogen (secondary N) is 1. The SMILES string of the molecule is O=C(O)c1ccc(CCNC(=O)C2(c3cccc(F)c3)CCOCC2)cc1. The maximum absolute atomic E-state index is 13.7. The Kier molecular flexibility index (Phi) is 5.86. The Morgan fingerprint density at radius 2 is 1.81 bits per heavy atom. The third-order valence-corrected chi connectivity index (χ3v) is 5.06. The molecule has 1 amide bonds. The molecule has 1 aliphatic rings. The van der Waals surface area contributed by atoms with E-state index in [0.29, 0.717) is 44.6 Å². The largest absolute Gasteiger partial charge is 0.478 e. The van der Waals surface area contributed by atoms with Crippen LogP contribution in [0.15, 0.2) is 48.5 Å². The zero-order chi connectivity index (χ0) is 19.3. The van der Waals surface area contributed by atoms with Gasteiger partial charge in [0.05, 0.1) is 11.0 Å². The van der Waals surface area contributed by atoms with Crippen molar-refractivity contribution < 1.29 is 23.8 Å². The van der Waals surface area contributed by atoms with Crippen LogP contribution in [0.1, 0.15) is 34.3 Å². The summed E-state index contributed by atoms with van der Waals surface area (Å²) in [5, 5.41) is 11.9. The first-order valence-electron chi connectivity index (χ1n) is 8.96. The van der Waals surface area contributed by atoms with Gasteiger partial charge in [-0.15, -0.1) is 0 Å². The molecular weight excluding hydrogens is 349 g/mol. The van der Waals surface area contributed by atoms with E-state index in [4.69, 9.17) is 9.84 Å². The molecule has 0 spiro atoms. The lowest BCUT2D eigenvalue weighted by atomic mass is 9.73.